The van der Waals surface area contributed by atoms with Gasteiger partial charge in [-0.25, -0.2) is 4.98 Å². The number of ether oxygens (including phenoxy) is 1. The molecule has 0 atom stereocenters. The summed E-state index contributed by atoms with van der Waals surface area (Å²) in [5, 5.41) is 14.2. The second kappa shape index (κ2) is 6.74. The molecular weight excluding hydrogens is 272 g/mol. The number of methoxy groups -OCH3 is 1. The second-order valence-corrected chi connectivity index (χ2v) is 4.53. The number of hydrogen-bond donors (Lipinski definition) is 1. The Morgan fingerprint density at radius 1 is 1.48 bits per heavy atom. The van der Waals surface area contributed by atoms with E-state index in [4.69, 9.17) is 4.74 Å². The number of nitrogens with one attached hydrogen (secondary N) is 1. The fourth-order valence-corrected chi connectivity index (χ4v) is 2.06. The Labute approximate surface area is 122 Å². The number of rotatable bonds is 7. The first kappa shape index (κ1) is 14.8. The van der Waals surface area contributed by atoms with Crippen LogP contribution in [0.2, 0.25) is 0 Å². The van der Waals surface area contributed by atoms with Crippen molar-refractivity contribution in [3.63, 3.8) is 0 Å². The fourth-order valence-electron chi connectivity index (χ4n) is 2.06. The summed E-state index contributed by atoms with van der Waals surface area (Å²) < 4.78 is 7.04. The number of imidazole rings is 1. The summed E-state index contributed by atoms with van der Waals surface area (Å²) in [5.41, 5.74) is 0.440. The number of aryl methyl sites for hydroxylation is 1. The van der Waals surface area contributed by atoms with E-state index in [1.807, 2.05) is 10.8 Å². The number of aromatic nitrogens is 2. The van der Waals surface area contributed by atoms with Crippen LogP contribution in [0.3, 0.4) is 0 Å². The Bertz CT molecular complexity index is 624. The Morgan fingerprint density at radius 2 is 2.29 bits per heavy atom. The molecule has 0 fully saturated rings. The van der Waals surface area contributed by atoms with Crippen LogP contribution in [0.25, 0.3) is 0 Å². The second-order valence-electron chi connectivity index (χ2n) is 4.53. The van der Waals surface area contributed by atoms with E-state index in [1.54, 1.807) is 18.3 Å². The Morgan fingerprint density at radius 3 is 2.95 bits per heavy atom. The van der Waals surface area contributed by atoms with Crippen molar-refractivity contribution in [2.75, 3.05) is 12.4 Å². The molecule has 0 amide bonds. The molecule has 0 aliphatic heterocycles. The Kier molecular flexibility index (Phi) is 4.76. The summed E-state index contributed by atoms with van der Waals surface area (Å²) >= 11 is 0. The third-order valence-electron chi connectivity index (χ3n) is 3.10. The lowest BCUT2D eigenvalue weighted by molar-refractivity contribution is -0.384. The van der Waals surface area contributed by atoms with E-state index < -0.39 is 4.92 Å². The highest BCUT2D eigenvalue weighted by atomic mass is 16.6. The maximum absolute atomic E-state index is 11.1. The summed E-state index contributed by atoms with van der Waals surface area (Å²) in [6.07, 6.45) is 4.64. The van der Waals surface area contributed by atoms with E-state index in [1.165, 1.54) is 13.2 Å². The van der Waals surface area contributed by atoms with Crippen LogP contribution < -0.4 is 10.1 Å². The molecule has 2 rings (SSSR count). The molecule has 0 aliphatic carbocycles. The van der Waals surface area contributed by atoms with Gasteiger partial charge >= 0.3 is 0 Å². The summed E-state index contributed by atoms with van der Waals surface area (Å²) in [5.74, 6) is 1.31. The van der Waals surface area contributed by atoms with E-state index in [2.05, 4.69) is 17.2 Å². The van der Waals surface area contributed by atoms with Crippen LogP contribution in [0, 0.1) is 10.1 Å². The molecule has 1 N–H and O–H groups in total. The Hall–Kier alpha value is -2.57. The van der Waals surface area contributed by atoms with Crippen molar-refractivity contribution in [1.29, 1.82) is 0 Å². The van der Waals surface area contributed by atoms with Crippen LogP contribution in [0.1, 0.15) is 19.2 Å². The number of nitrogens with zero attached hydrogens (tertiary/aromatic N) is 3. The van der Waals surface area contributed by atoms with Gasteiger partial charge in [0.1, 0.15) is 17.3 Å². The minimum absolute atomic E-state index is 0.0112. The van der Waals surface area contributed by atoms with Crippen molar-refractivity contribution >= 4 is 11.4 Å². The molecule has 7 nitrogen and oxygen atoms in total. The maximum Gasteiger partial charge on any atom is 0.296 e. The normalized spacial score (nSPS) is 10.4. The van der Waals surface area contributed by atoms with Crippen LogP contribution in [0.5, 0.6) is 5.75 Å². The van der Waals surface area contributed by atoms with Gasteiger partial charge in [0.15, 0.2) is 0 Å². The molecule has 7 heteroatoms. The maximum atomic E-state index is 11.1. The first-order valence-electron chi connectivity index (χ1n) is 6.72. The molecule has 21 heavy (non-hydrogen) atoms. The highest BCUT2D eigenvalue weighted by molar-refractivity contribution is 5.63. The topological polar surface area (TPSA) is 82.2 Å². The van der Waals surface area contributed by atoms with Crippen LogP contribution >= 0.6 is 0 Å². The zero-order valence-corrected chi connectivity index (χ0v) is 12.1. The first-order valence-corrected chi connectivity index (χ1v) is 6.72. The van der Waals surface area contributed by atoms with Crippen molar-refractivity contribution in [3.8, 4) is 5.75 Å². The molecule has 1 aromatic heterocycles. The smallest absolute Gasteiger partial charge is 0.296 e. The third-order valence-corrected chi connectivity index (χ3v) is 3.10. The molecule has 1 aromatic carbocycles. The molecule has 0 spiro atoms. The van der Waals surface area contributed by atoms with Gasteiger partial charge in [-0.2, -0.15) is 0 Å². The number of anilines is 1. The summed E-state index contributed by atoms with van der Waals surface area (Å²) in [4.78, 5) is 14.9. The summed E-state index contributed by atoms with van der Waals surface area (Å²) in [6, 6.07) is 4.73. The molecule has 0 aliphatic rings. The minimum Gasteiger partial charge on any atom is -0.496 e. The molecule has 0 unspecified atom stereocenters. The summed E-state index contributed by atoms with van der Waals surface area (Å²) in [6.45, 7) is 3.40. The van der Waals surface area contributed by atoms with Gasteiger partial charge in [-0.05, 0) is 18.6 Å². The predicted molar refractivity (Wildman–Crippen MR) is 79.5 cm³/mol. The predicted octanol–water partition coefficient (Wildman–Crippen LogP) is 2.82. The summed E-state index contributed by atoms with van der Waals surface area (Å²) in [7, 11) is 1.48. The van der Waals surface area contributed by atoms with Crippen LogP contribution in [0.4, 0.5) is 11.4 Å². The van der Waals surface area contributed by atoms with E-state index in [-0.39, 0.29) is 5.69 Å². The monoisotopic (exact) mass is 290 g/mol. The number of benzene rings is 1. The van der Waals surface area contributed by atoms with Gasteiger partial charge in [0.05, 0.1) is 24.6 Å². The van der Waals surface area contributed by atoms with Gasteiger partial charge in [0, 0.05) is 18.9 Å². The van der Waals surface area contributed by atoms with E-state index in [9.17, 15) is 10.1 Å². The van der Waals surface area contributed by atoms with Crippen LogP contribution in [0.15, 0.2) is 30.6 Å². The SMILES string of the molecule is CCCn1ccnc1CNc1ccc(OC)cc1[N+](=O)[O-]. The first-order chi connectivity index (χ1) is 10.2. The van der Waals surface area contributed by atoms with Crippen molar-refractivity contribution < 1.29 is 9.66 Å². The molecule has 0 saturated carbocycles. The van der Waals surface area contributed by atoms with Gasteiger partial charge in [-0.3, -0.25) is 10.1 Å². The molecule has 0 bridgehead atoms. The third kappa shape index (κ3) is 3.50. The van der Waals surface area contributed by atoms with Crippen LogP contribution in [-0.4, -0.2) is 21.6 Å². The molecule has 2 aromatic rings. The lowest BCUT2D eigenvalue weighted by atomic mass is 10.2. The van der Waals surface area contributed by atoms with Crippen molar-refractivity contribution in [3.05, 3.63) is 46.5 Å². The molecule has 0 radical (unpaired) electrons. The lowest BCUT2D eigenvalue weighted by Crippen LogP contribution is -2.09. The lowest BCUT2D eigenvalue weighted by Gasteiger charge is -2.10. The van der Waals surface area contributed by atoms with E-state index in [0.29, 0.717) is 18.0 Å². The quantitative estimate of drug-likeness (QED) is 0.626. The molecular formula is C14H18N4O3. The number of nitro benzene ring substituents is 1. The Balaban J connectivity index is 2.15. The standard InChI is InChI=1S/C14H18N4O3/c1-3-7-17-8-6-15-14(17)10-16-12-5-4-11(21-2)9-13(12)18(19)20/h4-6,8-9,16H,3,7,10H2,1-2H3. The van der Waals surface area contributed by atoms with Crippen molar-refractivity contribution in [2.24, 2.45) is 0 Å². The zero-order valence-electron chi connectivity index (χ0n) is 12.1. The van der Waals surface area contributed by atoms with Crippen LogP contribution in [-0.2, 0) is 13.1 Å². The van der Waals surface area contributed by atoms with E-state index >= 15 is 0 Å². The van der Waals surface area contributed by atoms with Gasteiger partial charge in [-0.15, -0.1) is 0 Å². The fraction of sp³-hybridized carbons (Fsp3) is 0.357. The zero-order chi connectivity index (χ0) is 15.2. The molecule has 0 saturated heterocycles. The number of nitro groups is 1. The van der Waals surface area contributed by atoms with Gasteiger partial charge < -0.3 is 14.6 Å². The van der Waals surface area contributed by atoms with E-state index in [0.717, 1.165) is 18.8 Å². The van der Waals surface area contributed by atoms with Gasteiger partial charge in [0.2, 0.25) is 0 Å². The van der Waals surface area contributed by atoms with Gasteiger partial charge in [-0.1, -0.05) is 6.92 Å². The largest absolute Gasteiger partial charge is 0.496 e. The van der Waals surface area contributed by atoms with Crippen molar-refractivity contribution in [1.82, 2.24) is 9.55 Å². The minimum atomic E-state index is -0.427. The average Bonchev–Trinajstić information content (AvgIpc) is 2.92. The molecule has 112 valence electrons. The average molecular weight is 290 g/mol. The highest BCUT2D eigenvalue weighted by Crippen LogP contribution is 2.29. The van der Waals surface area contributed by atoms with Crippen molar-refractivity contribution in [2.45, 2.75) is 26.4 Å². The number of hydrogen-bond acceptors (Lipinski definition) is 5. The van der Waals surface area contributed by atoms with Gasteiger partial charge in [0.25, 0.3) is 5.69 Å². The highest BCUT2D eigenvalue weighted by Gasteiger charge is 2.15. The molecule has 1 heterocycles.